The lowest BCUT2D eigenvalue weighted by Gasteiger charge is -2.01. The second kappa shape index (κ2) is 3.08. The van der Waals surface area contributed by atoms with E-state index in [0.29, 0.717) is 5.39 Å². The summed E-state index contributed by atoms with van der Waals surface area (Å²) in [4.78, 5) is -0.0457. The van der Waals surface area contributed by atoms with E-state index in [1.165, 1.54) is 6.07 Å². The molecule has 2 aromatic carbocycles. The molecular weight excluding hydrogens is 198 g/mol. The van der Waals surface area contributed by atoms with Crippen LogP contribution in [0.25, 0.3) is 10.8 Å². The van der Waals surface area contributed by atoms with Crippen LogP contribution in [0.1, 0.15) is 0 Å². The van der Waals surface area contributed by atoms with E-state index in [1.54, 1.807) is 30.3 Å². The Morgan fingerprint density at radius 2 is 1.57 bits per heavy atom. The van der Waals surface area contributed by atoms with Crippen LogP contribution in [-0.4, -0.2) is 8.42 Å². The predicted molar refractivity (Wildman–Crippen MR) is 53.3 cm³/mol. The Morgan fingerprint density at radius 1 is 0.929 bits per heavy atom. The number of hydrogen-bond donors (Lipinski definition) is 0. The number of fused-ring (bicyclic) bond motifs is 1. The molecule has 3 nitrogen and oxygen atoms in total. The van der Waals surface area contributed by atoms with E-state index in [9.17, 15) is 8.42 Å². The van der Waals surface area contributed by atoms with Gasteiger partial charge in [0.2, 0.25) is 0 Å². The Kier molecular flexibility index (Phi) is 2.02. The summed E-state index contributed by atoms with van der Waals surface area (Å²) < 4.78 is 22.0. The van der Waals surface area contributed by atoms with E-state index >= 15 is 0 Å². The van der Waals surface area contributed by atoms with Gasteiger partial charge in [0.1, 0.15) is 0 Å². The molecule has 0 saturated carbocycles. The number of benzene rings is 2. The first-order valence-electron chi connectivity index (χ1n) is 4.04. The first-order valence-corrected chi connectivity index (χ1v) is 5.48. The lowest BCUT2D eigenvalue weighted by atomic mass is 10.1. The van der Waals surface area contributed by atoms with Crippen LogP contribution in [0.4, 0.5) is 0 Å². The van der Waals surface area contributed by atoms with E-state index < -0.39 is 10.0 Å². The maximum atomic E-state index is 11.0. The van der Waals surface area contributed by atoms with Gasteiger partial charge in [0.25, 0.3) is 10.0 Å². The average molecular weight is 205 g/mol. The number of rotatable bonds is 1. The first kappa shape index (κ1) is 9.18. The zero-order chi connectivity index (χ0) is 10.2. The van der Waals surface area contributed by atoms with Crippen LogP contribution >= 0.6 is 0 Å². The Labute approximate surface area is 82.2 Å². The van der Waals surface area contributed by atoms with Gasteiger partial charge >= 0.3 is 0 Å². The van der Waals surface area contributed by atoms with E-state index in [2.05, 4.69) is 0 Å². The molecule has 0 amide bonds. The standard InChI is InChI=1S/C10H7NO2S/c11-14(12,13)10-7-3-5-8-4-1-2-6-9(8)10/h1-7H. The molecule has 70 valence electrons. The highest BCUT2D eigenvalue weighted by Gasteiger charge is 2.12. The number of sulfonamides is 1. The zero-order valence-corrected chi connectivity index (χ0v) is 8.03. The second-order valence-corrected chi connectivity index (χ2v) is 4.34. The van der Waals surface area contributed by atoms with Crippen LogP contribution in [0.15, 0.2) is 47.4 Å². The topological polar surface area (TPSA) is 56.4 Å². The van der Waals surface area contributed by atoms with Crippen LogP contribution in [-0.2, 0) is 10.0 Å². The van der Waals surface area contributed by atoms with Gasteiger partial charge in [-0.05, 0) is 11.5 Å². The maximum Gasteiger partial charge on any atom is 0.274 e. The maximum absolute atomic E-state index is 11.0. The van der Waals surface area contributed by atoms with Gasteiger partial charge in [-0.15, -0.1) is 0 Å². The quantitative estimate of drug-likeness (QED) is 0.710. The Hall–Kier alpha value is -1.39. The molecular formula is C10H7NO2S. The monoisotopic (exact) mass is 205 g/mol. The molecule has 0 N–H and O–H groups in total. The largest absolute Gasteiger partial charge is 0.274 e. The van der Waals surface area contributed by atoms with Crippen molar-refractivity contribution in [1.82, 2.24) is 5.14 Å². The van der Waals surface area contributed by atoms with Gasteiger partial charge in [-0.2, -0.15) is 0 Å². The molecule has 0 atom stereocenters. The van der Waals surface area contributed by atoms with Gasteiger partial charge in [0.15, 0.2) is 0 Å². The van der Waals surface area contributed by atoms with Gasteiger partial charge in [-0.25, -0.2) is 8.42 Å². The molecule has 0 aromatic heterocycles. The summed E-state index contributed by atoms with van der Waals surface area (Å²) in [5.74, 6) is 0. The lowest BCUT2D eigenvalue weighted by Crippen LogP contribution is -2.00. The summed E-state index contributed by atoms with van der Waals surface area (Å²) in [5.41, 5.74) is 0. The molecule has 0 saturated heterocycles. The van der Waals surface area contributed by atoms with Crippen molar-refractivity contribution in [3.05, 3.63) is 42.5 Å². The average Bonchev–Trinajstić information content (AvgIpc) is 2.15. The third kappa shape index (κ3) is 1.49. The molecule has 14 heavy (non-hydrogen) atoms. The summed E-state index contributed by atoms with van der Waals surface area (Å²) in [6.45, 7) is 0. The SMILES string of the molecule is [N]S(=O)(=O)c1cccc2ccccc12. The van der Waals surface area contributed by atoms with Crippen LogP contribution in [0, 0.1) is 0 Å². The molecule has 0 fully saturated rings. The van der Waals surface area contributed by atoms with E-state index in [0.717, 1.165) is 5.39 Å². The fraction of sp³-hybridized carbons (Fsp3) is 0. The third-order valence-corrected chi connectivity index (χ3v) is 2.94. The van der Waals surface area contributed by atoms with Crippen molar-refractivity contribution in [2.75, 3.05) is 0 Å². The van der Waals surface area contributed by atoms with E-state index in [1.807, 2.05) is 6.07 Å². The third-order valence-electron chi connectivity index (χ3n) is 2.03. The highest BCUT2D eigenvalue weighted by atomic mass is 32.2. The van der Waals surface area contributed by atoms with Crippen LogP contribution in [0.5, 0.6) is 0 Å². The minimum atomic E-state index is -4.13. The van der Waals surface area contributed by atoms with Crippen LogP contribution in [0.2, 0.25) is 0 Å². The fourth-order valence-electron chi connectivity index (χ4n) is 1.42. The molecule has 0 aliphatic carbocycles. The zero-order valence-electron chi connectivity index (χ0n) is 7.21. The highest BCUT2D eigenvalue weighted by molar-refractivity contribution is 7.89. The molecule has 0 bridgehead atoms. The highest BCUT2D eigenvalue weighted by Crippen LogP contribution is 2.21. The van der Waals surface area contributed by atoms with Gasteiger partial charge in [0, 0.05) is 10.5 Å². The Bertz CT molecular complexity index is 570. The number of nitrogens with zero attached hydrogens (tertiary/aromatic N) is 1. The van der Waals surface area contributed by atoms with Crippen molar-refractivity contribution >= 4 is 20.8 Å². The Balaban J connectivity index is 2.92. The lowest BCUT2D eigenvalue weighted by molar-refractivity contribution is 0.597. The molecule has 2 rings (SSSR count). The van der Waals surface area contributed by atoms with Gasteiger partial charge in [-0.3, -0.25) is 0 Å². The van der Waals surface area contributed by atoms with Crippen molar-refractivity contribution in [2.45, 2.75) is 4.90 Å². The van der Waals surface area contributed by atoms with Gasteiger partial charge in [-0.1, -0.05) is 36.4 Å². The minimum absolute atomic E-state index is 0.0457. The molecule has 2 radical (unpaired) electrons. The minimum Gasteiger partial charge on any atom is -0.204 e. The molecule has 0 spiro atoms. The summed E-state index contributed by atoms with van der Waals surface area (Å²) in [6.07, 6.45) is 0. The van der Waals surface area contributed by atoms with Crippen LogP contribution in [0.3, 0.4) is 0 Å². The van der Waals surface area contributed by atoms with E-state index in [-0.39, 0.29) is 4.90 Å². The van der Waals surface area contributed by atoms with Crippen LogP contribution < -0.4 is 5.14 Å². The van der Waals surface area contributed by atoms with Crippen molar-refractivity contribution in [3.8, 4) is 0 Å². The first-order chi connectivity index (χ1) is 6.59. The summed E-state index contributed by atoms with van der Waals surface area (Å²) in [6, 6.07) is 11.8. The van der Waals surface area contributed by atoms with Crippen molar-refractivity contribution < 1.29 is 8.42 Å². The molecule has 2 aromatic rings. The second-order valence-electron chi connectivity index (χ2n) is 2.95. The summed E-state index contributed by atoms with van der Waals surface area (Å²) in [7, 11) is -4.13. The van der Waals surface area contributed by atoms with Gasteiger partial charge in [0.05, 0.1) is 4.90 Å². The normalized spacial score (nSPS) is 11.8. The Morgan fingerprint density at radius 3 is 2.29 bits per heavy atom. The summed E-state index contributed by atoms with van der Waals surface area (Å²) >= 11 is 0. The fourth-order valence-corrected chi connectivity index (χ4v) is 2.13. The molecule has 4 heteroatoms. The number of hydrogen-bond acceptors (Lipinski definition) is 2. The smallest absolute Gasteiger partial charge is 0.204 e. The molecule has 0 unspecified atom stereocenters. The molecule has 0 aliphatic heterocycles. The predicted octanol–water partition coefficient (Wildman–Crippen LogP) is 1.60. The molecule has 0 aliphatic rings. The van der Waals surface area contributed by atoms with Crippen molar-refractivity contribution in [1.29, 1.82) is 0 Å². The summed E-state index contributed by atoms with van der Waals surface area (Å²) in [5, 5.41) is 10.3. The molecule has 0 heterocycles. The van der Waals surface area contributed by atoms with Crippen molar-refractivity contribution in [3.63, 3.8) is 0 Å². The van der Waals surface area contributed by atoms with Gasteiger partial charge < -0.3 is 0 Å². The van der Waals surface area contributed by atoms with Crippen molar-refractivity contribution in [2.24, 2.45) is 0 Å². The van der Waals surface area contributed by atoms with E-state index in [4.69, 9.17) is 5.14 Å².